The fourth-order valence-electron chi connectivity index (χ4n) is 1.02. The summed E-state index contributed by atoms with van der Waals surface area (Å²) in [6.45, 7) is 1.29. The maximum absolute atomic E-state index is 11.0. The van der Waals surface area contributed by atoms with Crippen molar-refractivity contribution in [2.45, 2.75) is 6.54 Å². The van der Waals surface area contributed by atoms with Gasteiger partial charge in [-0.2, -0.15) is 0 Å². The van der Waals surface area contributed by atoms with Crippen molar-refractivity contribution in [3.63, 3.8) is 0 Å². The van der Waals surface area contributed by atoms with Gasteiger partial charge in [0.05, 0.1) is 19.4 Å². The third kappa shape index (κ3) is 3.40. The summed E-state index contributed by atoms with van der Waals surface area (Å²) in [5.41, 5.74) is 0. The molecule has 0 fully saturated rings. The van der Waals surface area contributed by atoms with Gasteiger partial charge in [-0.05, 0) is 23.7 Å². The van der Waals surface area contributed by atoms with Crippen LogP contribution in [0.25, 0.3) is 0 Å². The van der Waals surface area contributed by atoms with Crippen LogP contribution in [0.4, 0.5) is 4.79 Å². The highest BCUT2D eigenvalue weighted by molar-refractivity contribution is 6.62. The van der Waals surface area contributed by atoms with Gasteiger partial charge in [0.25, 0.3) is 0 Å². The Balaban J connectivity index is 2.47. The Hall–Kier alpha value is -1.000. The van der Waals surface area contributed by atoms with Gasteiger partial charge in [-0.15, -0.1) is 0 Å². The van der Waals surface area contributed by atoms with Crippen molar-refractivity contribution < 1.29 is 13.9 Å². The first-order chi connectivity index (χ1) is 6.74. The molecule has 14 heavy (non-hydrogen) atoms. The minimum atomic E-state index is -0.501. The zero-order valence-electron chi connectivity index (χ0n) is 7.90. The lowest BCUT2D eigenvalue weighted by molar-refractivity contribution is 0.153. The van der Waals surface area contributed by atoms with Gasteiger partial charge in [-0.25, -0.2) is 0 Å². The summed E-state index contributed by atoms with van der Waals surface area (Å²) in [6.07, 6.45) is 1.56. The topological polar surface area (TPSA) is 42.7 Å². The second-order valence-electron chi connectivity index (χ2n) is 2.75. The molecule has 0 aliphatic carbocycles. The number of amides is 1. The van der Waals surface area contributed by atoms with Crippen molar-refractivity contribution in [3.05, 3.63) is 24.2 Å². The molecule has 0 spiro atoms. The number of rotatable bonds is 5. The molecule has 1 heterocycles. The number of carbonyl (C=O) groups is 1. The van der Waals surface area contributed by atoms with Crippen molar-refractivity contribution in [2.24, 2.45) is 0 Å². The van der Waals surface area contributed by atoms with E-state index >= 15 is 0 Å². The smallest absolute Gasteiger partial charge is 0.316 e. The van der Waals surface area contributed by atoms with Gasteiger partial charge in [0.15, 0.2) is 0 Å². The number of hydrogen-bond acceptors (Lipinski definition) is 3. The standard InChI is InChI=1S/C9H12ClNO3/c1-13-6-4-11(9(10)12)7-8-3-2-5-14-8/h2-3,5H,4,6-7H2,1H3. The predicted molar refractivity (Wildman–Crippen MR) is 52.2 cm³/mol. The molecule has 0 N–H and O–H groups in total. The van der Waals surface area contributed by atoms with Crippen molar-refractivity contribution in [1.29, 1.82) is 0 Å². The van der Waals surface area contributed by atoms with Crippen LogP contribution in [0.2, 0.25) is 0 Å². The predicted octanol–water partition coefficient (Wildman–Crippen LogP) is 2.09. The molecule has 4 nitrogen and oxygen atoms in total. The first-order valence-corrected chi connectivity index (χ1v) is 4.57. The van der Waals surface area contributed by atoms with E-state index in [0.29, 0.717) is 25.5 Å². The fraction of sp³-hybridized carbons (Fsp3) is 0.444. The summed E-state index contributed by atoms with van der Waals surface area (Å²) in [5.74, 6) is 0.704. The van der Waals surface area contributed by atoms with E-state index in [-0.39, 0.29) is 0 Å². The minimum absolute atomic E-state index is 0.374. The monoisotopic (exact) mass is 217 g/mol. The van der Waals surface area contributed by atoms with E-state index in [9.17, 15) is 4.79 Å². The van der Waals surface area contributed by atoms with Gasteiger partial charge >= 0.3 is 5.37 Å². The molecular weight excluding hydrogens is 206 g/mol. The zero-order valence-corrected chi connectivity index (χ0v) is 8.66. The Morgan fingerprint density at radius 1 is 1.71 bits per heavy atom. The normalized spacial score (nSPS) is 10.1. The van der Waals surface area contributed by atoms with Crippen LogP contribution in [0, 0.1) is 0 Å². The Bertz CT molecular complexity index is 274. The molecule has 0 unspecified atom stereocenters. The summed E-state index contributed by atoms with van der Waals surface area (Å²) < 4.78 is 9.96. The number of carbonyl (C=O) groups excluding carboxylic acids is 1. The van der Waals surface area contributed by atoms with Gasteiger partial charge in [0.1, 0.15) is 5.76 Å². The molecule has 0 atom stereocenters. The van der Waals surface area contributed by atoms with Gasteiger partial charge in [0.2, 0.25) is 0 Å². The van der Waals surface area contributed by atoms with Crippen LogP contribution >= 0.6 is 11.6 Å². The molecule has 1 aromatic heterocycles. The maximum atomic E-state index is 11.0. The molecule has 1 rings (SSSR count). The average molecular weight is 218 g/mol. The van der Waals surface area contributed by atoms with Crippen LogP contribution in [0.5, 0.6) is 0 Å². The largest absolute Gasteiger partial charge is 0.467 e. The Kier molecular flexibility index (Phi) is 4.49. The third-order valence-corrected chi connectivity index (χ3v) is 1.98. The number of hydrogen-bond donors (Lipinski definition) is 0. The first-order valence-electron chi connectivity index (χ1n) is 4.19. The molecule has 5 heteroatoms. The third-order valence-electron chi connectivity index (χ3n) is 1.74. The molecule has 0 saturated heterocycles. The molecular formula is C9H12ClNO3. The molecule has 0 radical (unpaired) electrons. The van der Waals surface area contributed by atoms with E-state index in [2.05, 4.69) is 0 Å². The first kappa shape index (κ1) is 11.1. The highest BCUT2D eigenvalue weighted by atomic mass is 35.5. The average Bonchev–Trinajstić information content (AvgIpc) is 2.64. The van der Waals surface area contributed by atoms with Gasteiger partial charge in [-0.3, -0.25) is 4.79 Å². The summed E-state index contributed by atoms with van der Waals surface area (Å²) in [7, 11) is 1.57. The number of halogens is 1. The van der Waals surface area contributed by atoms with Crippen LogP contribution in [0.1, 0.15) is 5.76 Å². The molecule has 78 valence electrons. The van der Waals surface area contributed by atoms with E-state index in [1.807, 2.05) is 0 Å². The zero-order chi connectivity index (χ0) is 10.4. The van der Waals surface area contributed by atoms with Gasteiger partial charge in [0, 0.05) is 13.7 Å². The van der Waals surface area contributed by atoms with E-state index in [4.69, 9.17) is 20.8 Å². The molecule has 1 aromatic rings. The van der Waals surface area contributed by atoms with Crippen LogP contribution in [0.15, 0.2) is 22.8 Å². The quantitative estimate of drug-likeness (QED) is 0.560. The van der Waals surface area contributed by atoms with Crippen LogP contribution in [-0.2, 0) is 11.3 Å². The van der Waals surface area contributed by atoms with E-state index in [1.54, 1.807) is 25.5 Å². The van der Waals surface area contributed by atoms with Crippen LogP contribution < -0.4 is 0 Å². The lowest BCUT2D eigenvalue weighted by Crippen LogP contribution is -2.29. The van der Waals surface area contributed by atoms with Crippen LogP contribution in [-0.4, -0.2) is 30.5 Å². The Morgan fingerprint density at radius 2 is 2.50 bits per heavy atom. The highest BCUT2D eigenvalue weighted by Gasteiger charge is 2.11. The van der Waals surface area contributed by atoms with Crippen molar-refractivity contribution in [3.8, 4) is 0 Å². The molecule has 0 bridgehead atoms. The molecule has 0 aromatic carbocycles. The van der Waals surface area contributed by atoms with Crippen molar-refractivity contribution in [1.82, 2.24) is 4.90 Å². The number of ether oxygens (including phenoxy) is 1. The summed E-state index contributed by atoms with van der Waals surface area (Å²) >= 11 is 5.39. The second kappa shape index (κ2) is 5.67. The number of nitrogens with zero attached hydrogens (tertiary/aromatic N) is 1. The molecule has 0 saturated carbocycles. The minimum Gasteiger partial charge on any atom is -0.467 e. The van der Waals surface area contributed by atoms with Crippen molar-refractivity contribution >= 4 is 17.0 Å². The summed E-state index contributed by atoms with van der Waals surface area (Å²) in [4.78, 5) is 12.4. The maximum Gasteiger partial charge on any atom is 0.316 e. The van der Waals surface area contributed by atoms with Gasteiger partial charge < -0.3 is 14.1 Å². The van der Waals surface area contributed by atoms with E-state index in [0.717, 1.165) is 0 Å². The van der Waals surface area contributed by atoms with Crippen LogP contribution in [0.3, 0.4) is 0 Å². The lowest BCUT2D eigenvalue weighted by atomic mass is 10.4. The SMILES string of the molecule is COCCN(Cc1ccco1)C(=O)Cl. The molecule has 0 aliphatic heterocycles. The fourth-order valence-corrected chi connectivity index (χ4v) is 1.17. The second-order valence-corrected chi connectivity index (χ2v) is 3.07. The van der Waals surface area contributed by atoms with Crippen molar-refractivity contribution in [2.75, 3.05) is 20.3 Å². The Labute approximate surface area is 87.4 Å². The van der Waals surface area contributed by atoms with Gasteiger partial charge in [-0.1, -0.05) is 0 Å². The Morgan fingerprint density at radius 3 is 3.00 bits per heavy atom. The van der Waals surface area contributed by atoms with E-state index < -0.39 is 5.37 Å². The number of furan rings is 1. The molecule has 0 aliphatic rings. The highest BCUT2D eigenvalue weighted by Crippen LogP contribution is 2.07. The summed E-state index contributed by atoms with van der Waals surface area (Å²) in [6, 6.07) is 3.56. The molecule has 1 amide bonds. The van der Waals surface area contributed by atoms with E-state index in [1.165, 1.54) is 4.90 Å². The summed E-state index contributed by atoms with van der Waals surface area (Å²) in [5, 5.41) is -0.501. The number of methoxy groups -OCH3 is 1. The lowest BCUT2D eigenvalue weighted by Gasteiger charge is -2.17.